The van der Waals surface area contributed by atoms with Crippen molar-refractivity contribution in [2.45, 2.75) is 30.7 Å². The molecule has 0 aromatic rings. The minimum absolute atomic E-state index is 1.54. The minimum Gasteiger partial charge on any atom is -0.396 e. The van der Waals surface area contributed by atoms with E-state index < -0.39 is 54.9 Å². The van der Waals surface area contributed by atoms with Gasteiger partial charge in [0.25, 0.3) is 0 Å². The van der Waals surface area contributed by atoms with E-state index in [1.807, 2.05) is 9.47 Å². The normalized spacial score (nSPS) is 13.8. The lowest BCUT2D eigenvalue weighted by molar-refractivity contribution is -0.562. The molecule has 0 radical (unpaired) electrons. The van der Waals surface area contributed by atoms with Crippen LogP contribution >= 0.6 is 0 Å². The van der Waals surface area contributed by atoms with Gasteiger partial charge in [0, 0.05) is 0 Å². The third-order valence-corrected chi connectivity index (χ3v) is 1.90. The summed E-state index contributed by atoms with van der Waals surface area (Å²) in [6, 6.07) is -7.48. The maximum absolute atomic E-state index is 12.9. The highest BCUT2D eigenvalue weighted by Gasteiger charge is 2.74. The summed E-state index contributed by atoms with van der Waals surface area (Å²) in [4.78, 5) is 0. The fourth-order valence-electron chi connectivity index (χ4n) is 0.863. The number of hydrogen-bond donors (Lipinski definition) is 0. The van der Waals surface area contributed by atoms with Crippen LogP contribution in [0.1, 0.15) is 0 Å². The van der Waals surface area contributed by atoms with Gasteiger partial charge in [0.15, 0.2) is 0 Å². The van der Waals surface area contributed by atoms with Gasteiger partial charge in [-0.2, -0.15) is 61.5 Å². The maximum atomic E-state index is 12.9. The zero-order valence-electron chi connectivity index (χ0n) is 12.2. The Bertz CT molecular complexity index is 647. The van der Waals surface area contributed by atoms with Gasteiger partial charge in [0.1, 0.15) is 0 Å². The zero-order valence-corrected chi connectivity index (χ0v) is 12.2. The van der Waals surface area contributed by atoms with Crippen LogP contribution in [0, 0.1) is 0 Å². The van der Waals surface area contributed by atoms with Gasteiger partial charge in [-0.15, -0.1) is 8.78 Å². The Morgan fingerprint density at radius 2 is 0.724 bits per heavy atom. The molecule has 0 aliphatic carbocycles. The van der Waals surface area contributed by atoms with Crippen LogP contribution in [0.3, 0.4) is 0 Å². The SMILES string of the molecule is FC(F)=C(F)OC(F)(F)OC(F)(F)C(F)(F)OC(F)(F)C(F)(F)OC(F)=C(F)F. The molecule has 0 fully saturated rings. The molecule has 0 aliphatic heterocycles. The van der Waals surface area contributed by atoms with Gasteiger partial charge < -0.3 is 9.47 Å². The first kappa shape index (κ1) is 26.9. The third kappa shape index (κ3) is 7.01. The highest BCUT2D eigenvalue weighted by atomic mass is 19.4. The molecule has 0 unspecified atom stereocenters. The number of halogens is 16. The summed E-state index contributed by atoms with van der Waals surface area (Å²) in [6.07, 6.45) is -42.6. The summed E-state index contributed by atoms with van der Waals surface area (Å²) in [6.45, 7) is 0. The number of hydrogen-bond acceptors (Lipinski definition) is 4. The molecule has 0 aliphatic rings. The molecule has 0 atom stereocenters. The van der Waals surface area contributed by atoms with E-state index in [0.717, 1.165) is 0 Å². The van der Waals surface area contributed by atoms with E-state index >= 15 is 0 Å². The monoisotopic (exact) mass is 476 g/mol. The Morgan fingerprint density at radius 3 is 1.10 bits per heavy atom. The van der Waals surface area contributed by atoms with Gasteiger partial charge in [0.2, 0.25) is 0 Å². The summed E-state index contributed by atoms with van der Waals surface area (Å²) >= 11 is 0. The molecule has 0 aromatic heterocycles. The standard InChI is InChI=1S/C9F16O4/c10-1(11)3(14)26-5(16,17)6(18,19)28-7(20,21)8(22,23)29-9(24,25)27-4(15)2(12)13. The molecule has 0 aromatic carbocycles. The van der Waals surface area contributed by atoms with E-state index in [4.69, 9.17) is 0 Å². The molecule has 0 heterocycles. The molecule has 0 spiro atoms. The number of alkyl halides is 10. The topological polar surface area (TPSA) is 36.9 Å². The number of rotatable bonds is 10. The van der Waals surface area contributed by atoms with E-state index in [2.05, 4.69) is 0 Å². The van der Waals surface area contributed by atoms with E-state index in [1.54, 1.807) is 9.47 Å². The van der Waals surface area contributed by atoms with Crippen molar-refractivity contribution in [3.8, 4) is 0 Å². The molecule has 29 heavy (non-hydrogen) atoms. The average molecular weight is 476 g/mol. The van der Waals surface area contributed by atoms with Gasteiger partial charge in [-0.05, 0) is 0 Å². The Kier molecular flexibility index (Phi) is 7.71. The molecule has 0 saturated heterocycles. The first-order valence-electron chi connectivity index (χ1n) is 5.66. The predicted molar refractivity (Wildman–Crippen MR) is 49.8 cm³/mol. The first-order valence-corrected chi connectivity index (χ1v) is 5.66. The van der Waals surface area contributed by atoms with Crippen molar-refractivity contribution in [2.24, 2.45) is 0 Å². The van der Waals surface area contributed by atoms with Gasteiger partial charge >= 0.3 is 54.9 Å². The van der Waals surface area contributed by atoms with Crippen molar-refractivity contribution in [3.05, 3.63) is 24.2 Å². The summed E-state index contributed by atoms with van der Waals surface area (Å²) in [7, 11) is 0. The van der Waals surface area contributed by atoms with Crippen LogP contribution < -0.4 is 0 Å². The average Bonchev–Trinajstić information content (AvgIpc) is 2.42. The molecule has 172 valence electrons. The van der Waals surface area contributed by atoms with Gasteiger partial charge in [0.05, 0.1) is 0 Å². The first-order chi connectivity index (χ1) is 12.6. The van der Waals surface area contributed by atoms with E-state index in [0.29, 0.717) is 0 Å². The molecular weight excluding hydrogens is 476 g/mol. The fourth-order valence-corrected chi connectivity index (χ4v) is 0.863. The van der Waals surface area contributed by atoms with Crippen LogP contribution in [0.25, 0.3) is 0 Å². The fraction of sp³-hybridized carbons (Fsp3) is 0.556. The lowest BCUT2D eigenvalue weighted by Gasteiger charge is -2.32. The third-order valence-electron chi connectivity index (χ3n) is 1.90. The van der Waals surface area contributed by atoms with Crippen molar-refractivity contribution in [1.29, 1.82) is 0 Å². The Balaban J connectivity index is 5.64. The summed E-state index contributed by atoms with van der Waals surface area (Å²) in [5.74, 6) is 0. The Morgan fingerprint density at radius 1 is 0.414 bits per heavy atom. The van der Waals surface area contributed by atoms with Gasteiger partial charge in [-0.1, -0.05) is 0 Å². The van der Waals surface area contributed by atoms with Crippen LogP contribution in [0.15, 0.2) is 24.2 Å². The van der Waals surface area contributed by atoms with Crippen molar-refractivity contribution in [2.75, 3.05) is 0 Å². The van der Waals surface area contributed by atoms with E-state index in [1.165, 1.54) is 0 Å². The highest BCUT2D eigenvalue weighted by molar-refractivity contribution is 4.85. The second kappa shape index (κ2) is 8.32. The summed E-state index contributed by atoms with van der Waals surface area (Å²) < 4.78 is 205. The van der Waals surface area contributed by atoms with Crippen LogP contribution in [-0.2, 0) is 18.9 Å². The summed E-state index contributed by atoms with van der Waals surface area (Å²) in [5, 5.41) is 0. The van der Waals surface area contributed by atoms with Crippen LogP contribution in [-0.4, -0.2) is 30.7 Å². The second-order valence-electron chi connectivity index (χ2n) is 4.01. The lowest BCUT2D eigenvalue weighted by Crippen LogP contribution is -2.56. The molecule has 0 N–H and O–H groups in total. The van der Waals surface area contributed by atoms with Crippen LogP contribution in [0.4, 0.5) is 70.2 Å². The molecule has 4 nitrogen and oxygen atoms in total. The maximum Gasteiger partial charge on any atom is 0.542 e. The lowest BCUT2D eigenvalue weighted by atomic mass is 10.5. The van der Waals surface area contributed by atoms with Crippen LogP contribution in [0.5, 0.6) is 0 Å². The largest absolute Gasteiger partial charge is 0.542 e. The summed E-state index contributed by atoms with van der Waals surface area (Å²) in [5.41, 5.74) is 0. The number of ether oxygens (including phenoxy) is 4. The molecule has 0 amide bonds. The Hall–Kier alpha value is -2.12. The smallest absolute Gasteiger partial charge is 0.396 e. The second-order valence-corrected chi connectivity index (χ2v) is 4.01. The minimum atomic E-state index is -7.28. The molecule has 0 saturated carbocycles. The van der Waals surface area contributed by atoms with E-state index in [-0.39, 0.29) is 0 Å². The molecular formula is C9F16O4. The van der Waals surface area contributed by atoms with Crippen molar-refractivity contribution >= 4 is 0 Å². The van der Waals surface area contributed by atoms with Crippen LogP contribution in [0.2, 0.25) is 0 Å². The van der Waals surface area contributed by atoms with E-state index in [9.17, 15) is 70.2 Å². The Labute approximate surface area is 145 Å². The molecule has 0 bridgehead atoms. The highest BCUT2D eigenvalue weighted by Crippen LogP contribution is 2.48. The molecule has 0 rings (SSSR count). The predicted octanol–water partition coefficient (Wildman–Crippen LogP) is 6.04. The van der Waals surface area contributed by atoms with Crippen molar-refractivity contribution in [1.82, 2.24) is 0 Å². The zero-order chi connectivity index (χ0) is 23.6. The molecule has 20 heteroatoms. The van der Waals surface area contributed by atoms with Crippen molar-refractivity contribution in [3.63, 3.8) is 0 Å². The van der Waals surface area contributed by atoms with Gasteiger partial charge in [-0.25, -0.2) is 9.47 Å². The van der Waals surface area contributed by atoms with Gasteiger partial charge in [-0.3, -0.25) is 0 Å². The van der Waals surface area contributed by atoms with Crippen molar-refractivity contribution < 1.29 is 89.2 Å². The quantitative estimate of drug-likeness (QED) is 0.219.